The molecule has 0 aliphatic carbocycles. The van der Waals surface area contributed by atoms with E-state index in [0.29, 0.717) is 25.4 Å². The highest BCUT2D eigenvalue weighted by Crippen LogP contribution is 2.28. The Kier molecular flexibility index (Phi) is 5.41. The minimum absolute atomic E-state index is 0.150. The van der Waals surface area contributed by atoms with Gasteiger partial charge in [0.1, 0.15) is 9.71 Å². The average Bonchev–Trinajstić information content (AvgIpc) is 2.99. The highest BCUT2D eigenvalue weighted by Gasteiger charge is 2.22. The number of H-pyrrole nitrogens is 1. The monoisotopic (exact) mass is 403 g/mol. The average molecular weight is 403 g/mol. The molecule has 3 heterocycles. The van der Waals surface area contributed by atoms with Gasteiger partial charge in [-0.1, -0.05) is 0 Å². The zero-order valence-corrected chi connectivity index (χ0v) is 16.2. The molecule has 1 atom stereocenters. The fourth-order valence-electron chi connectivity index (χ4n) is 2.58. The van der Waals surface area contributed by atoms with Gasteiger partial charge in [-0.25, -0.2) is 14.6 Å². The highest BCUT2D eigenvalue weighted by atomic mass is 32.1. The number of rotatable bonds is 5. The van der Waals surface area contributed by atoms with Crippen molar-refractivity contribution in [2.45, 2.75) is 26.9 Å². The van der Waals surface area contributed by atoms with E-state index in [1.807, 2.05) is 0 Å². The number of ether oxygens (including phenoxy) is 2. The molecule has 0 fully saturated rings. The lowest BCUT2D eigenvalue weighted by Gasteiger charge is -2.12. The molecule has 0 spiro atoms. The predicted molar refractivity (Wildman–Crippen MR) is 100 cm³/mol. The number of nitrogens with one attached hydrogen (secondary N) is 1. The summed E-state index contributed by atoms with van der Waals surface area (Å²) in [7, 11) is 0. The van der Waals surface area contributed by atoms with Gasteiger partial charge in [0.05, 0.1) is 17.6 Å². The van der Waals surface area contributed by atoms with E-state index in [1.54, 1.807) is 20.8 Å². The SMILES string of the molecule is CCOC(=O)c1sc2nc([C@@H](C)OC(=O)c3cc[n+]([O-])cc3)[nH]c(=O)c2c1C. The van der Waals surface area contributed by atoms with E-state index in [-0.39, 0.29) is 18.0 Å². The first-order chi connectivity index (χ1) is 13.3. The van der Waals surface area contributed by atoms with E-state index in [2.05, 4.69) is 9.97 Å². The summed E-state index contributed by atoms with van der Waals surface area (Å²) in [6, 6.07) is 2.66. The Balaban J connectivity index is 1.90. The van der Waals surface area contributed by atoms with Crippen LogP contribution in [0.15, 0.2) is 29.3 Å². The number of pyridine rings is 1. The quantitative estimate of drug-likeness (QED) is 0.392. The molecule has 3 rings (SSSR count). The van der Waals surface area contributed by atoms with E-state index in [1.165, 1.54) is 24.5 Å². The third-order valence-electron chi connectivity index (χ3n) is 3.99. The first-order valence-corrected chi connectivity index (χ1v) is 9.23. The maximum Gasteiger partial charge on any atom is 0.348 e. The van der Waals surface area contributed by atoms with Crippen molar-refractivity contribution in [2.75, 3.05) is 6.61 Å². The summed E-state index contributed by atoms with van der Waals surface area (Å²) in [6.45, 7) is 5.14. The Morgan fingerprint density at radius 2 is 2.00 bits per heavy atom. The summed E-state index contributed by atoms with van der Waals surface area (Å²) in [6.07, 6.45) is 1.51. The van der Waals surface area contributed by atoms with Gasteiger partial charge >= 0.3 is 11.9 Å². The van der Waals surface area contributed by atoms with Gasteiger partial charge in [0.15, 0.2) is 24.3 Å². The first-order valence-electron chi connectivity index (χ1n) is 8.42. The molecule has 0 saturated heterocycles. The molecule has 0 radical (unpaired) electrons. The lowest BCUT2D eigenvalue weighted by Crippen LogP contribution is -2.24. The van der Waals surface area contributed by atoms with Crippen LogP contribution in [0, 0.1) is 12.1 Å². The molecule has 9 nitrogen and oxygen atoms in total. The fraction of sp³-hybridized carbons (Fsp3) is 0.278. The standard InChI is InChI=1S/C18H17N3O6S/c1-4-26-18(24)13-9(2)12-15(22)19-14(20-16(12)28-13)10(3)27-17(23)11-5-7-21(25)8-6-11/h5-8,10H,4H2,1-3H3,(H,19,20,22)/t10-/m1/s1. The van der Waals surface area contributed by atoms with Crippen molar-refractivity contribution in [3.63, 3.8) is 0 Å². The Morgan fingerprint density at radius 1 is 1.32 bits per heavy atom. The lowest BCUT2D eigenvalue weighted by molar-refractivity contribution is -0.605. The van der Waals surface area contributed by atoms with Crippen LogP contribution in [0.2, 0.25) is 0 Å². The Hall–Kier alpha value is -3.27. The number of carbonyl (C=O) groups is 2. The molecule has 3 aromatic heterocycles. The zero-order chi connectivity index (χ0) is 20.4. The summed E-state index contributed by atoms with van der Waals surface area (Å²) < 4.78 is 10.9. The van der Waals surface area contributed by atoms with E-state index < -0.39 is 23.6 Å². The van der Waals surface area contributed by atoms with Gasteiger partial charge < -0.3 is 19.7 Å². The van der Waals surface area contributed by atoms with Crippen LogP contribution in [0.1, 0.15) is 51.4 Å². The fourth-order valence-corrected chi connectivity index (χ4v) is 3.66. The van der Waals surface area contributed by atoms with Gasteiger partial charge in [-0.3, -0.25) is 4.79 Å². The molecule has 1 N–H and O–H groups in total. The van der Waals surface area contributed by atoms with Gasteiger partial charge in [-0.15, -0.1) is 11.3 Å². The Morgan fingerprint density at radius 3 is 2.64 bits per heavy atom. The van der Waals surface area contributed by atoms with Gasteiger partial charge in [0, 0.05) is 12.1 Å². The molecule has 0 bridgehead atoms. The van der Waals surface area contributed by atoms with Crippen LogP contribution in [0.3, 0.4) is 0 Å². The van der Waals surface area contributed by atoms with Crippen LogP contribution >= 0.6 is 11.3 Å². The minimum atomic E-state index is -0.849. The lowest BCUT2D eigenvalue weighted by atomic mass is 10.2. The Bertz CT molecular complexity index is 1100. The second-order valence-corrected chi connectivity index (χ2v) is 6.90. The van der Waals surface area contributed by atoms with Gasteiger partial charge in [-0.05, 0) is 26.3 Å². The van der Waals surface area contributed by atoms with Crippen LogP contribution in [0.4, 0.5) is 0 Å². The number of hydrogen-bond acceptors (Lipinski definition) is 8. The predicted octanol–water partition coefficient (Wildman–Crippen LogP) is 2.02. The largest absolute Gasteiger partial charge is 0.619 e. The van der Waals surface area contributed by atoms with Crippen molar-refractivity contribution in [2.24, 2.45) is 0 Å². The summed E-state index contributed by atoms with van der Waals surface area (Å²) in [5.74, 6) is -1.02. The second-order valence-electron chi connectivity index (χ2n) is 5.90. The van der Waals surface area contributed by atoms with E-state index >= 15 is 0 Å². The van der Waals surface area contributed by atoms with Crippen LogP contribution in [-0.2, 0) is 9.47 Å². The van der Waals surface area contributed by atoms with Crippen molar-refractivity contribution < 1.29 is 23.8 Å². The normalized spacial score (nSPS) is 12.0. The van der Waals surface area contributed by atoms with E-state index in [0.717, 1.165) is 11.3 Å². The molecule has 0 unspecified atom stereocenters. The summed E-state index contributed by atoms with van der Waals surface area (Å²) in [5, 5.41) is 11.4. The van der Waals surface area contributed by atoms with Crippen molar-refractivity contribution in [3.05, 3.63) is 61.9 Å². The van der Waals surface area contributed by atoms with Gasteiger partial charge in [-0.2, -0.15) is 4.73 Å². The van der Waals surface area contributed by atoms with Gasteiger partial charge in [0.25, 0.3) is 5.56 Å². The molecule has 0 saturated carbocycles. The molecule has 0 aliphatic heterocycles. The van der Waals surface area contributed by atoms with Gasteiger partial charge in [0.2, 0.25) is 0 Å². The smallest absolute Gasteiger partial charge is 0.348 e. The van der Waals surface area contributed by atoms with Crippen molar-refractivity contribution in [1.29, 1.82) is 0 Å². The van der Waals surface area contributed by atoms with Crippen molar-refractivity contribution in [3.8, 4) is 0 Å². The topological polar surface area (TPSA) is 125 Å². The Labute approximate surface area is 163 Å². The number of nitrogens with zero attached hydrogens (tertiary/aromatic N) is 2. The number of esters is 2. The molecule has 146 valence electrons. The molecule has 28 heavy (non-hydrogen) atoms. The zero-order valence-electron chi connectivity index (χ0n) is 15.3. The molecule has 10 heteroatoms. The number of aryl methyl sites for hydroxylation is 1. The summed E-state index contributed by atoms with van der Waals surface area (Å²) in [5.41, 5.74) is 0.261. The van der Waals surface area contributed by atoms with E-state index in [4.69, 9.17) is 9.47 Å². The number of aromatic amines is 1. The number of hydrogen-bond donors (Lipinski definition) is 1. The molecular weight excluding hydrogens is 386 g/mol. The third-order valence-corrected chi connectivity index (χ3v) is 5.15. The third kappa shape index (κ3) is 3.72. The number of fused-ring (bicyclic) bond motifs is 1. The summed E-state index contributed by atoms with van der Waals surface area (Å²) >= 11 is 1.05. The highest BCUT2D eigenvalue weighted by molar-refractivity contribution is 7.20. The van der Waals surface area contributed by atoms with Crippen LogP contribution in [0.5, 0.6) is 0 Å². The molecule has 0 aromatic carbocycles. The molecular formula is C18H17N3O6S. The van der Waals surface area contributed by atoms with Crippen molar-refractivity contribution >= 4 is 33.5 Å². The maximum absolute atomic E-state index is 12.5. The van der Waals surface area contributed by atoms with Crippen LogP contribution < -0.4 is 10.3 Å². The molecule has 0 aliphatic rings. The number of carbonyl (C=O) groups excluding carboxylic acids is 2. The minimum Gasteiger partial charge on any atom is -0.619 e. The van der Waals surface area contributed by atoms with Crippen LogP contribution in [-0.4, -0.2) is 28.5 Å². The first kappa shape index (κ1) is 19.5. The van der Waals surface area contributed by atoms with Crippen molar-refractivity contribution in [1.82, 2.24) is 9.97 Å². The number of aromatic nitrogens is 3. The second kappa shape index (κ2) is 7.77. The maximum atomic E-state index is 12.5. The molecule has 0 amide bonds. The summed E-state index contributed by atoms with van der Waals surface area (Å²) in [4.78, 5) is 44.3. The molecule has 3 aromatic rings. The van der Waals surface area contributed by atoms with Crippen LogP contribution in [0.25, 0.3) is 10.2 Å². The van der Waals surface area contributed by atoms with E-state index in [9.17, 15) is 19.6 Å². The number of thiophene rings is 1.